The van der Waals surface area contributed by atoms with Crippen LogP contribution in [0, 0.1) is 0 Å². The predicted molar refractivity (Wildman–Crippen MR) is 50.3 cm³/mol. The van der Waals surface area contributed by atoms with E-state index in [1.54, 1.807) is 7.11 Å². The zero-order chi connectivity index (χ0) is 8.97. The Hall–Kier alpha value is -0.120. The molecule has 0 amide bonds. The predicted octanol–water partition coefficient (Wildman–Crippen LogP) is 0.361. The lowest BCUT2D eigenvalue weighted by atomic mass is 9.88. The molecule has 72 valence electrons. The number of rotatable bonds is 3. The summed E-state index contributed by atoms with van der Waals surface area (Å²) in [6.45, 7) is 0. The smallest absolute Gasteiger partial charge is 0.0587 e. The van der Waals surface area contributed by atoms with Crippen LogP contribution in [-0.4, -0.2) is 39.4 Å². The first-order valence-electron chi connectivity index (χ1n) is 4.69. The van der Waals surface area contributed by atoms with Crippen molar-refractivity contribution in [1.82, 2.24) is 10.6 Å². The summed E-state index contributed by atoms with van der Waals surface area (Å²) in [5, 5.41) is 6.66. The lowest BCUT2D eigenvalue weighted by Gasteiger charge is -2.35. The third-order valence-corrected chi connectivity index (χ3v) is 2.88. The summed E-state index contributed by atoms with van der Waals surface area (Å²) in [5.41, 5.74) is 0. The first-order chi connectivity index (χ1) is 5.81. The van der Waals surface area contributed by atoms with Gasteiger partial charge in [0.2, 0.25) is 0 Å². The maximum absolute atomic E-state index is 5.35. The second-order valence-electron chi connectivity index (χ2n) is 3.46. The van der Waals surface area contributed by atoms with Gasteiger partial charge in [-0.2, -0.15) is 0 Å². The van der Waals surface area contributed by atoms with E-state index in [1.807, 2.05) is 14.1 Å². The first-order valence-corrected chi connectivity index (χ1v) is 4.69. The van der Waals surface area contributed by atoms with Gasteiger partial charge >= 0.3 is 0 Å². The summed E-state index contributed by atoms with van der Waals surface area (Å²) in [5.74, 6) is 0. The van der Waals surface area contributed by atoms with Crippen LogP contribution >= 0.6 is 0 Å². The number of ether oxygens (including phenoxy) is 1. The molecule has 0 saturated heterocycles. The van der Waals surface area contributed by atoms with Gasteiger partial charge < -0.3 is 15.4 Å². The Labute approximate surface area is 74.9 Å². The maximum Gasteiger partial charge on any atom is 0.0587 e. The molecule has 12 heavy (non-hydrogen) atoms. The van der Waals surface area contributed by atoms with Crippen LogP contribution in [0.4, 0.5) is 0 Å². The van der Waals surface area contributed by atoms with Crippen LogP contribution in [0.2, 0.25) is 0 Å². The molecule has 1 fully saturated rings. The normalized spacial score (nSPS) is 36.8. The van der Waals surface area contributed by atoms with E-state index in [0.717, 1.165) is 6.42 Å². The minimum atomic E-state index is 0.451. The number of likely N-dealkylation sites (N-methyl/N-ethyl adjacent to an activating group) is 2. The second-order valence-corrected chi connectivity index (χ2v) is 3.46. The number of methoxy groups -OCH3 is 1. The molecule has 0 aromatic heterocycles. The number of nitrogens with one attached hydrogen (secondary N) is 2. The summed E-state index contributed by atoms with van der Waals surface area (Å²) in [7, 11) is 5.85. The molecule has 0 radical (unpaired) electrons. The third kappa shape index (κ3) is 2.19. The number of hydrogen-bond donors (Lipinski definition) is 2. The molecule has 0 aliphatic heterocycles. The molecule has 3 atom stereocenters. The van der Waals surface area contributed by atoms with Crippen LogP contribution in [0.5, 0.6) is 0 Å². The Morgan fingerprint density at radius 2 is 1.75 bits per heavy atom. The highest BCUT2D eigenvalue weighted by Crippen LogP contribution is 2.20. The standard InChI is InChI=1S/C9H20N2O/c1-10-8-5-4-7(12-3)6-9(8)11-2/h7-11H,4-6H2,1-3H3/t7?,8-,9+/m1/s1. The molecular formula is C9H20N2O. The molecule has 1 saturated carbocycles. The largest absolute Gasteiger partial charge is 0.381 e. The summed E-state index contributed by atoms with van der Waals surface area (Å²) in [6.07, 6.45) is 3.96. The molecule has 1 aliphatic rings. The van der Waals surface area contributed by atoms with E-state index in [9.17, 15) is 0 Å². The van der Waals surface area contributed by atoms with Crippen LogP contribution < -0.4 is 10.6 Å². The summed E-state index contributed by atoms with van der Waals surface area (Å²) in [6, 6.07) is 1.18. The molecule has 1 rings (SSSR count). The van der Waals surface area contributed by atoms with Crippen molar-refractivity contribution in [3.05, 3.63) is 0 Å². The van der Waals surface area contributed by atoms with Gasteiger partial charge in [-0.05, 0) is 33.4 Å². The fraction of sp³-hybridized carbons (Fsp3) is 1.00. The van der Waals surface area contributed by atoms with Crippen LogP contribution in [0.25, 0.3) is 0 Å². The quantitative estimate of drug-likeness (QED) is 0.645. The molecule has 0 bridgehead atoms. The Morgan fingerprint density at radius 1 is 1.08 bits per heavy atom. The van der Waals surface area contributed by atoms with Gasteiger partial charge in [0, 0.05) is 19.2 Å². The molecule has 3 heteroatoms. The minimum Gasteiger partial charge on any atom is -0.381 e. The van der Waals surface area contributed by atoms with E-state index >= 15 is 0 Å². The lowest BCUT2D eigenvalue weighted by Crippen LogP contribution is -2.50. The molecule has 0 aromatic carbocycles. The SMILES string of the molecule is CN[C@H]1CC(OC)CC[C@H]1NC. The van der Waals surface area contributed by atoms with Crippen molar-refractivity contribution in [2.24, 2.45) is 0 Å². The van der Waals surface area contributed by atoms with Crippen LogP contribution in [0.3, 0.4) is 0 Å². The van der Waals surface area contributed by atoms with E-state index in [-0.39, 0.29) is 0 Å². The summed E-state index contributed by atoms with van der Waals surface area (Å²) >= 11 is 0. The second kappa shape index (κ2) is 4.80. The number of hydrogen-bond acceptors (Lipinski definition) is 3. The highest BCUT2D eigenvalue weighted by molar-refractivity contribution is 4.88. The van der Waals surface area contributed by atoms with Crippen LogP contribution in [0.15, 0.2) is 0 Å². The monoisotopic (exact) mass is 172 g/mol. The van der Waals surface area contributed by atoms with Crippen molar-refractivity contribution in [2.75, 3.05) is 21.2 Å². The Morgan fingerprint density at radius 3 is 2.25 bits per heavy atom. The van der Waals surface area contributed by atoms with E-state index < -0.39 is 0 Å². The fourth-order valence-electron chi connectivity index (χ4n) is 2.01. The average molecular weight is 172 g/mol. The molecule has 3 nitrogen and oxygen atoms in total. The Balaban J connectivity index is 2.41. The third-order valence-electron chi connectivity index (χ3n) is 2.88. The zero-order valence-corrected chi connectivity index (χ0v) is 8.26. The zero-order valence-electron chi connectivity index (χ0n) is 8.26. The van der Waals surface area contributed by atoms with Gasteiger partial charge in [0.25, 0.3) is 0 Å². The van der Waals surface area contributed by atoms with Gasteiger partial charge in [0.1, 0.15) is 0 Å². The average Bonchev–Trinajstić information content (AvgIpc) is 2.16. The molecular weight excluding hydrogens is 152 g/mol. The van der Waals surface area contributed by atoms with Crippen LogP contribution in [-0.2, 0) is 4.74 Å². The van der Waals surface area contributed by atoms with Gasteiger partial charge in [-0.1, -0.05) is 0 Å². The first kappa shape index (κ1) is 9.96. The van der Waals surface area contributed by atoms with Gasteiger partial charge in [-0.15, -0.1) is 0 Å². The molecule has 1 aliphatic carbocycles. The molecule has 2 N–H and O–H groups in total. The highest BCUT2D eigenvalue weighted by atomic mass is 16.5. The molecule has 0 aromatic rings. The molecule has 0 heterocycles. The summed E-state index contributed by atoms with van der Waals surface area (Å²) in [4.78, 5) is 0. The Kier molecular flexibility index (Phi) is 3.98. The van der Waals surface area contributed by atoms with Gasteiger partial charge in [-0.25, -0.2) is 0 Å². The van der Waals surface area contributed by atoms with Crippen LogP contribution in [0.1, 0.15) is 19.3 Å². The molecule has 1 unspecified atom stereocenters. The molecule has 0 spiro atoms. The maximum atomic E-state index is 5.35. The van der Waals surface area contributed by atoms with Gasteiger partial charge in [-0.3, -0.25) is 0 Å². The lowest BCUT2D eigenvalue weighted by molar-refractivity contribution is 0.0504. The van der Waals surface area contributed by atoms with E-state index in [0.29, 0.717) is 18.2 Å². The van der Waals surface area contributed by atoms with Crippen molar-refractivity contribution in [3.8, 4) is 0 Å². The van der Waals surface area contributed by atoms with E-state index in [4.69, 9.17) is 4.74 Å². The van der Waals surface area contributed by atoms with E-state index in [1.165, 1.54) is 12.8 Å². The van der Waals surface area contributed by atoms with Crippen molar-refractivity contribution in [2.45, 2.75) is 37.5 Å². The summed E-state index contributed by atoms with van der Waals surface area (Å²) < 4.78 is 5.35. The van der Waals surface area contributed by atoms with Gasteiger partial charge in [0.05, 0.1) is 6.10 Å². The van der Waals surface area contributed by atoms with Crippen molar-refractivity contribution in [1.29, 1.82) is 0 Å². The van der Waals surface area contributed by atoms with Crippen molar-refractivity contribution >= 4 is 0 Å². The van der Waals surface area contributed by atoms with Crippen molar-refractivity contribution in [3.63, 3.8) is 0 Å². The van der Waals surface area contributed by atoms with Crippen molar-refractivity contribution < 1.29 is 4.74 Å². The Bertz CT molecular complexity index is 130. The minimum absolute atomic E-state index is 0.451. The van der Waals surface area contributed by atoms with Gasteiger partial charge in [0.15, 0.2) is 0 Å². The van der Waals surface area contributed by atoms with E-state index in [2.05, 4.69) is 10.6 Å². The highest BCUT2D eigenvalue weighted by Gasteiger charge is 2.27. The fourth-order valence-corrected chi connectivity index (χ4v) is 2.01. The topological polar surface area (TPSA) is 33.3 Å².